The number of pyridine rings is 1. The molecule has 0 aliphatic heterocycles. The molecule has 24 heavy (non-hydrogen) atoms. The van der Waals surface area contributed by atoms with E-state index in [2.05, 4.69) is 9.71 Å². The molecular weight excluding hydrogens is 362 g/mol. The van der Waals surface area contributed by atoms with Gasteiger partial charge in [0.25, 0.3) is 0 Å². The fourth-order valence-electron chi connectivity index (χ4n) is 1.87. The third-order valence-electron chi connectivity index (χ3n) is 3.13. The van der Waals surface area contributed by atoms with Gasteiger partial charge in [0.1, 0.15) is 0 Å². The van der Waals surface area contributed by atoms with Crippen molar-refractivity contribution in [1.82, 2.24) is 9.71 Å². The topological polar surface area (TPSA) is 93.2 Å². The maximum atomic E-state index is 12.4. The largest absolute Gasteiger partial charge is 0.341 e. The summed E-state index contributed by atoms with van der Waals surface area (Å²) in [7, 11) is -8.61. The number of rotatable bonds is 7. The van der Waals surface area contributed by atoms with E-state index in [4.69, 9.17) is 0 Å². The molecule has 0 saturated heterocycles. The van der Waals surface area contributed by atoms with Gasteiger partial charge in [-0.1, -0.05) is 6.07 Å². The van der Waals surface area contributed by atoms with Crippen LogP contribution in [0.3, 0.4) is 0 Å². The smallest absolute Gasteiger partial charge is 0.264 e. The first-order chi connectivity index (χ1) is 11.2. The predicted molar refractivity (Wildman–Crippen MR) is 82.8 cm³/mol. The van der Waals surface area contributed by atoms with Crippen LogP contribution >= 0.6 is 0 Å². The summed E-state index contributed by atoms with van der Waals surface area (Å²) in [6, 6.07) is 7.16. The predicted octanol–water partition coefficient (Wildman–Crippen LogP) is 1.60. The van der Waals surface area contributed by atoms with Crippen LogP contribution in [0.1, 0.15) is 5.56 Å². The van der Waals surface area contributed by atoms with Crippen molar-refractivity contribution in [3.63, 3.8) is 0 Å². The number of hydrogen-bond donors (Lipinski definition) is 1. The van der Waals surface area contributed by atoms with Gasteiger partial charge in [0, 0.05) is 18.9 Å². The standard InChI is InChI=1S/C14H14F2N2O4S2/c15-14(16)23(19,20)12-3-5-13(6-4-12)24(21,22)18-9-7-11-2-1-8-17-10-11/h1-6,8,10,14,18H,7,9H2. The number of aromatic nitrogens is 1. The van der Waals surface area contributed by atoms with E-state index in [1.807, 2.05) is 0 Å². The summed E-state index contributed by atoms with van der Waals surface area (Å²) in [4.78, 5) is 3.07. The highest BCUT2D eigenvalue weighted by Gasteiger charge is 2.27. The molecule has 0 spiro atoms. The van der Waals surface area contributed by atoms with Gasteiger partial charge in [-0.15, -0.1) is 0 Å². The summed E-state index contributed by atoms with van der Waals surface area (Å²) in [5.74, 6) is -3.56. The van der Waals surface area contributed by atoms with Crippen molar-refractivity contribution in [3.05, 3.63) is 54.4 Å². The number of sulfone groups is 1. The Morgan fingerprint density at radius 2 is 1.62 bits per heavy atom. The van der Waals surface area contributed by atoms with Gasteiger partial charge in [-0.3, -0.25) is 4.98 Å². The van der Waals surface area contributed by atoms with E-state index in [-0.39, 0.29) is 11.4 Å². The minimum absolute atomic E-state index is 0.116. The molecule has 1 aromatic heterocycles. The number of sulfonamides is 1. The molecule has 0 amide bonds. The lowest BCUT2D eigenvalue weighted by Gasteiger charge is -2.08. The zero-order valence-corrected chi connectivity index (χ0v) is 13.9. The third kappa shape index (κ3) is 4.34. The van der Waals surface area contributed by atoms with Crippen molar-refractivity contribution in [2.75, 3.05) is 6.54 Å². The van der Waals surface area contributed by atoms with E-state index < -0.39 is 30.5 Å². The van der Waals surface area contributed by atoms with Crippen molar-refractivity contribution in [2.24, 2.45) is 0 Å². The number of alkyl halides is 2. The Morgan fingerprint density at radius 1 is 1.00 bits per heavy atom. The molecule has 0 atom stereocenters. The Kier molecular flexibility index (Phi) is 5.62. The molecule has 0 saturated carbocycles. The first-order valence-corrected chi connectivity index (χ1v) is 9.77. The molecular formula is C14H14F2N2O4S2. The molecule has 0 radical (unpaired) electrons. The second-order valence-electron chi connectivity index (χ2n) is 4.79. The van der Waals surface area contributed by atoms with E-state index in [1.165, 1.54) is 0 Å². The molecule has 1 heterocycles. The summed E-state index contributed by atoms with van der Waals surface area (Å²) in [5, 5.41) is 0. The lowest BCUT2D eigenvalue weighted by molar-refractivity contribution is 0.234. The zero-order chi connectivity index (χ0) is 17.8. The van der Waals surface area contributed by atoms with E-state index >= 15 is 0 Å². The van der Waals surface area contributed by atoms with Crippen LogP contribution in [-0.4, -0.2) is 34.1 Å². The molecule has 0 aliphatic rings. The van der Waals surface area contributed by atoms with Crippen LogP contribution in [0.25, 0.3) is 0 Å². The van der Waals surface area contributed by atoms with Crippen molar-refractivity contribution in [2.45, 2.75) is 22.0 Å². The van der Waals surface area contributed by atoms with Crippen LogP contribution in [0.5, 0.6) is 0 Å². The zero-order valence-electron chi connectivity index (χ0n) is 12.3. The maximum absolute atomic E-state index is 12.4. The molecule has 2 rings (SSSR count). The van der Waals surface area contributed by atoms with Gasteiger partial charge < -0.3 is 0 Å². The highest BCUT2D eigenvalue weighted by Crippen LogP contribution is 2.20. The molecule has 130 valence electrons. The summed E-state index contributed by atoms with van der Waals surface area (Å²) in [6.07, 6.45) is 3.63. The molecule has 0 bridgehead atoms. The number of nitrogens with one attached hydrogen (secondary N) is 1. The van der Waals surface area contributed by atoms with Gasteiger partial charge in [0.05, 0.1) is 9.79 Å². The lowest BCUT2D eigenvalue weighted by atomic mass is 10.2. The second-order valence-corrected chi connectivity index (χ2v) is 8.47. The normalized spacial score (nSPS) is 12.5. The highest BCUT2D eigenvalue weighted by atomic mass is 32.2. The van der Waals surface area contributed by atoms with Crippen LogP contribution in [0.2, 0.25) is 0 Å². The van der Waals surface area contributed by atoms with Crippen LogP contribution in [0, 0.1) is 0 Å². The van der Waals surface area contributed by atoms with Gasteiger partial charge >= 0.3 is 5.76 Å². The average Bonchev–Trinajstić information content (AvgIpc) is 2.55. The van der Waals surface area contributed by atoms with Gasteiger partial charge in [-0.05, 0) is 42.3 Å². The number of benzene rings is 1. The fraction of sp³-hybridized carbons (Fsp3) is 0.214. The second kappa shape index (κ2) is 7.32. The van der Waals surface area contributed by atoms with Crippen LogP contribution in [0.4, 0.5) is 8.78 Å². The maximum Gasteiger partial charge on any atom is 0.341 e. The SMILES string of the molecule is O=S(=O)(NCCc1cccnc1)c1ccc(S(=O)(=O)C(F)F)cc1. The number of hydrogen-bond acceptors (Lipinski definition) is 5. The Labute approximate surface area is 138 Å². The molecule has 10 heteroatoms. The Balaban J connectivity index is 2.07. The Hall–Kier alpha value is -1.91. The van der Waals surface area contributed by atoms with Crippen molar-refractivity contribution >= 4 is 19.9 Å². The molecule has 0 unspecified atom stereocenters. The first-order valence-electron chi connectivity index (χ1n) is 6.74. The summed E-state index contributed by atoms with van der Waals surface area (Å²) >= 11 is 0. The molecule has 0 aliphatic carbocycles. The van der Waals surface area contributed by atoms with Gasteiger partial charge in [0.15, 0.2) is 0 Å². The van der Waals surface area contributed by atoms with Crippen LogP contribution < -0.4 is 4.72 Å². The monoisotopic (exact) mass is 376 g/mol. The molecule has 1 N–H and O–H groups in total. The first kappa shape index (κ1) is 18.4. The summed E-state index contributed by atoms with van der Waals surface area (Å²) in [6.45, 7) is 0.116. The van der Waals surface area contributed by atoms with E-state index in [9.17, 15) is 25.6 Å². The Bertz CT molecular complexity index is 884. The van der Waals surface area contributed by atoms with Gasteiger partial charge in [0.2, 0.25) is 19.9 Å². The van der Waals surface area contributed by atoms with Crippen molar-refractivity contribution < 1.29 is 25.6 Å². The number of nitrogens with zero attached hydrogens (tertiary/aromatic N) is 1. The van der Waals surface area contributed by atoms with E-state index in [0.717, 1.165) is 29.8 Å². The molecule has 2 aromatic rings. The van der Waals surface area contributed by atoms with Crippen molar-refractivity contribution in [1.29, 1.82) is 0 Å². The summed E-state index contributed by atoms with van der Waals surface area (Å²) in [5.41, 5.74) is 0.846. The van der Waals surface area contributed by atoms with Gasteiger partial charge in [-0.2, -0.15) is 8.78 Å². The molecule has 1 aromatic carbocycles. The molecule has 6 nitrogen and oxygen atoms in total. The highest BCUT2D eigenvalue weighted by molar-refractivity contribution is 7.91. The number of halogens is 2. The van der Waals surface area contributed by atoms with Crippen molar-refractivity contribution in [3.8, 4) is 0 Å². The third-order valence-corrected chi connectivity index (χ3v) is 6.00. The fourth-order valence-corrected chi connectivity index (χ4v) is 3.62. The Morgan fingerprint density at radius 3 is 2.17 bits per heavy atom. The minimum atomic E-state index is -4.75. The van der Waals surface area contributed by atoms with E-state index in [1.54, 1.807) is 24.5 Å². The minimum Gasteiger partial charge on any atom is -0.264 e. The summed E-state index contributed by atoms with van der Waals surface area (Å²) < 4.78 is 74.0. The lowest BCUT2D eigenvalue weighted by Crippen LogP contribution is -2.26. The average molecular weight is 376 g/mol. The van der Waals surface area contributed by atoms with Crippen LogP contribution in [0.15, 0.2) is 58.6 Å². The van der Waals surface area contributed by atoms with Gasteiger partial charge in [-0.25, -0.2) is 21.6 Å². The van der Waals surface area contributed by atoms with E-state index in [0.29, 0.717) is 6.42 Å². The quantitative estimate of drug-likeness (QED) is 0.792. The molecule has 0 fully saturated rings. The van der Waals surface area contributed by atoms with Crippen LogP contribution in [-0.2, 0) is 26.3 Å².